The normalized spacial score (nSPS) is 18.7. The van der Waals surface area contributed by atoms with Crippen LogP contribution in [0.25, 0.3) is 0 Å². The van der Waals surface area contributed by atoms with Gasteiger partial charge < -0.3 is 20.9 Å². The topological polar surface area (TPSA) is 85.8 Å². The van der Waals surface area contributed by atoms with Gasteiger partial charge in [0.2, 0.25) is 11.8 Å². The number of halogens is 1. The van der Waals surface area contributed by atoms with Crippen LogP contribution in [0, 0.1) is 5.92 Å². The molecule has 1 unspecified atom stereocenters. The molecule has 1 saturated heterocycles. The summed E-state index contributed by atoms with van der Waals surface area (Å²) in [6.45, 7) is 2.98. The number of guanidine groups is 1. The number of carbonyl (C=O) groups is 2. The summed E-state index contributed by atoms with van der Waals surface area (Å²) in [6, 6.07) is 10.7. The summed E-state index contributed by atoms with van der Waals surface area (Å²) in [4.78, 5) is 30.2. The predicted molar refractivity (Wildman–Crippen MR) is 130 cm³/mol. The second-order valence-electron chi connectivity index (χ2n) is 7.97. The van der Waals surface area contributed by atoms with Crippen molar-refractivity contribution >= 4 is 41.8 Å². The number of amides is 2. The Kier molecular flexibility index (Phi) is 10.4. The Balaban J connectivity index is 0.00000320. The lowest BCUT2D eigenvalue weighted by Gasteiger charge is -2.18. The van der Waals surface area contributed by atoms with Crippen LogP contribution in [0.2, 0.25) is 0 Å². The smallest absolute Gasteiger partial charge is 0.223 e. The van der Waals surface area contributed by atoms with Crippen molar-refractivity contribution in [1.82, 2.24) is 20.9 Å². The summed E-state index contributed by atoms with van der Waals surface area (Å²) in [5, 5.41) is 9.56. The van der Waals surface area contributed by atoms with Gasteiger partial charge in [-0.2, -0.15) is 0 Å². The molecule has 0 spiro atoms. The molecular weight excluding hydrogens is 493 g/mol. The molecule has 3 N–H and O–H groups in total. The van der Waals surface area contributed by atoms with Gasteiger partial charge in [-0.15, -0.1) is 24.0 Å². The fourth-order valence-corrected chi connectivity index (χ4v) is 3.56. The Morgan fingerprint density at radius 2 is 1.97 bits per heavy atom. The van der Waals surface area contributed by atoms with Crippen molar-refractivity contribution in [2.75, 3.05) is 33.2 Å². The van der Waals surface area contributed by atoms with E-state index in [1.807, 2.05) is 23.1 Å². The number of aliphatic imine (C=N–C) groups is 1. The van der Waals surface area contributed by atoms with Crippen LogP contribution in [0.5, 0.6) is 0 Å². The molecule has 3 rings (SSSR count). The molecule has 7 nitrogen and oxygen atoms in total. The number of likely N-dealkylation sites (tertiary alicyclic amines) is 1. The van der Waals surface area contributed by atoms with Crippen LogP contribution >= 0.6 is 24.0 Å². The van der Waals surface area contributed by atoms with E-state index in [0.29, 0.717) is 31.3 Å². The van der Waals surface area contributed by atoms with E-state index in [-0.39, 0.29) is 35.8 Å². The number of nitrogens with one attached hydrogen (secondary N) is 3. The Morgan fingerprint density at radius 1 is 1.20 bits per heavy atom. The van der Waals surface area contributed by atoms with Gasteiger partial charge >= 0.3 is 0 Å². The third-order valence-electron chi connectivity index (χ3n) is 5.41. The van der Waals surface area contributed by atoms with Crippen LogP contribution in [0.1, 0.15) is 37.7 Å². The highest BCUT2D eigenvalue weighted by Gasteiger charge is 2.29. The van der Waals surface area contributed by atoms with Gasteiger partial charge in [0.1, 0.15) is 0 Å². The van der Waals surface area contributed by atoms with E-state index in [2.05, 4.69) is 33.1 Å². The molecule has 1 aliphatic carbocycles. The molecule has 30 heavy (non-hydrogen) atoms. The summed E-state index contributed by atoms with van der Waals surface area (Å²) in [5.41, 5.74) is 1.26. The molecule has 1 aromatic rings. The second kappa shape index (κ2) is 12.8. The molecule has 1 saturated carbocycles. The van der Waals surface area contributed by atoms with Crippen molar-refractivity contribution in [3.8, 4) is 0 Å². The highest BCUT2D eigenvalue weighted by Crippen LogP contribution is 2.19. The molecule has 2 fully saturated rings. The summed E-state index contributed by atoms with van der Waals surface area (Å²) in [5.74, 6) is 1.39. The van der Waals surface area contributed by atoms with Crippen LogP contribution < -0.4 is 16.0 Å². The van der Waals surface area contributed by atoms with Crippen molar-refractivity contribution in [2.45, 2.75) is 44.6 Å². The third kappa shape index (κ3) is 8.49. The number of carbonyl (C=O) groups excluding carboxylic acids is 2. The number of hydrogen-bond acceptors (Lipinski definition) is 3. The monoisotopic (exact) mass is 527 g/mol. The molecule has 1 aliphatic heterocycles. The number of rotatable bonds is 10. The van der Waals surface area contributed by atoms with Gasteiger partial charge in [0.25, 0.3) is 0 Å². The number of hydrogen-bond donors (Lipinski definition) is 3. The van der Waals surface area contributed by atoms with Gasteiger partial charge in [0.15, 0.2) is 5.96 Å². The van der Waals surface area contributed by atoms with Crippen molar-refractivity contribution in [3.05, 3.63) is 35.9 Å². The first-order valence-electron chi connectivity index (χ1n) is 10.7. The van der Waals surface area contributed by atoms with Crippen LogP contribution in [0.15, 0.2) is 35.3 Å². The largest absolute Gasteiger partial charge is 0.356 e. The molecule has 166 valence electrons. The Hall–Kier alpha value is -1.84. The average Bonchev–Trinajstić information content (AvgIpc) is 3.47. The summed E-state index contributed by atoms with van der Waals surface area (Å²) in [7, 11) is 1.74. The molecule has 2 aliphatic rings. The van der Waals surface area contributed by atoms with Gasteiger partial charge in [-0.05, 0) is 31.2 Å². The zero-order valence-electron chi connectivity index (χ0n) is 17.7. The minimum atomic E-state index is 0. The maximum absolute atomic E-state index is 12.3. The van der Waals surface area contributed by atoms with Crippen LogP contribution in [0.3, 0.4) is 0 Å². The molecule has 0 aromatic heterocycles. The molecule has 0 bridgehead atoms. The maximum atomic E-state index is 12.3. The van der Waals surface area contributed by atoms with Crippen molar-refractivity contribution in [2.24, 2.45) is 10.9 Å². The third-order valence-corrected chi connectivity index (χ3v) is 5.41. The van der Waals surface area contributed by atoms with Crippen molar-refractivity contribution in [1.29, 1.82) is 0 Å². The highest BCUT2D eigenvalue weighted by molar-refractivity contribution is 14.0. The standard InChI is InChI=1S/C22H33N5O2.HI/c1-23-22(24-12-5-8-20(28)26-19-9-10-19)25-15-18-14-21(29)27(16-18)13-11-17-6-3-2-4-7-17;/h2-4,6-7,18-19H,5,8-16H2,1H3,(H,26,28)(H2,23,24,25);1H. The molecule has 8 heteroatoms. The highest BCUT2D eigenvalue weighted by atomic mass is 127. The number of benzene rings is 1. The first-order chi connectivity index (χ1) is 14.1. The van der Waals surface area contributed by atoms with Crippen LogP contribution in [-0.2, 0) is 16.0 Å². The van der Waals surface area contributed by atoms with E-state index in [9.17, 15) is 9.59 Å². The van der Waals surface area contributed by atoms with Gasteiger partial charge in [0, 0.05) is 58.0 Å². The lowest BCUT2D eigenvalue weighted by atomic mass is 10.1. The zero-order valence-corrected chi connectivity index (χ0v) is 20.1. The summed E-state index contributed by atoms with van der Waals surface area (Å²) < 4.78 is 0. The summed E-state index contributed by atoms with van der Waals surface area (Å²) >= 11 is 0. The van der Waals surface area contributed by atoms with E-state index in [4.69, 9.17) is 0 Å². The van der Waals surface area contributed by atoms with E-state index in [1.165, 1.54) is 5.56 Å². The van der Waals surface area contributed by atoms with Crippen LogP contribution in [0.4, 0.5) is 0 Å². The minimum absolute atomic E-state index is 0. The Bertz CT molecular complexity index is 709. The molecule has 1 heterocycles. The quantitative estimate of drug-likeness (QED) is 0.188. The van der Waals surface area contributed by atoms with E-state index >= 15 is 0 Å². The molecule has 1 aromatic carbocycles. The first kappa shape index (κ1) is 24.4. The Morgan fingerprint density at radius 3 is 2.67 bits per heavy atom. The lowest BCUT2D eigenvalue weighted by Crippen LogP contribution is -2.41. The summed E-state index contributed by atoms with van der Waals surface area (Å²) in [6.07, 6.45) is 5.02. The zero-order chi connectivity index (χ0) is 20.5. The predicted octanol–water partition coefficient (Wildman–Crippen LogP) is 1.92. The van der Waals surface area contributed by atoms with Gasteiger partial charge in [-0.3, -0.25) is 14.6 Å². The number of nitrogens with zero attached hydrogens (tertiary/aromatic N) is 2. The minimum Gasteiger partial charge on any atom is -0.356 e. The fourth-order valence-electron chi connectivity index (χ4n) is 3.56. The van der Waals surface area contributed by atoms with E-state index in [0.717, 1.165) is 51.3 Å². The fraction of sp³-hybridized carbons (Fsp3) is 0.591. The van der Waals surface area contributed by atoms with Gasteiger partial charge in [-0.25, -0.2) is 0 Å². The molecule has 0 radical (unpaired) electrons. The molecule has 1 atom stereocenters. The SMILES string of the molecule is CN=C(NCCCC(=O)NC1CC1)NCC1CC(=O)N(CCc2ccccc2)C1.I. The van der Waals surface area contributed by atoms with E-state index < -0.39 is 0 Å². The van der Waals surface area contributed by atoms with Crippen molar-refractivity contribution in [3.63, 3.8) is 0 Å². The van der Waals surface area contributed by atoms with Gasteiger partial charge in [0.05, 0.1) is 0 Å². The lowest BCUT2D eigenvalue weighted by molar-refractivity contribution is -0.127. The molecular formula is C22H34IN5O2. The maximum Gasteiger partial charge on any atom is 0.223 e. The van der Waals surface area contributed by atoms with E-state index in [1.54, 1.807) is 7.05 Å². The van der Waals surface area contributed by atoms with Gasteiger partial charge in [-0.1, -0.05) is 30.3 Å². The van der Waals surface area contributed by atoms with Crippen molar-refractivity contribution < 1.29 is 9.59 Å². The first-order valence-corrected chi connectivity index (χ1v) is 10.7. The van der Waals surface area contributed by atoms with Crippen LogP contribution in [-0.4, -0.2) is 61.9 Å². The average molecular weight is 527 g/mol. The molecule has 2 amide bonds. The second-order valence-corrected chi connectivity index (χ2v) is 7.97. The Labute approximate surface area is 196 Å².